The lowest BCUT2D eigenvalue weighted by atomic mass is 10.1. The molecule has 33 heavy (non-hydrogen) atoms. The summed E-state index contributed by atoms with van der Waals surface area (Å²) in [6.07, 6.45) is 3.16. The van der Waals surface area contributed by atoms with Crippen LogP contribution in [-0.4, -0.2) is 53.4 Å². The summed E-state index contributed by atoms with van der Waals surface area (Å²) in [4.78, 5) is 26.3. The number of carbonyl (C=O) groups is 2. The molecule has 3 rings (SSSR count). The summed E-state index contributed by atoms with van der Waals surface area (Å²) in [5.41, 5.74) is 7.64. The van der Waals surface area contributed by atoms with Gasteiger partial charge in [-0.05, 0) is 51.3 Å². The molecule has 1 unspecified atom stereocenters. The fourth-order valence-electron chi connectivity index (χ4n) is 3.79. The molecule has 1 aromatic carbocycles. The molecule has 1 fully saturated rings. The van der Waals surface area contributed by atoms with Gasteiger partial charge in [-0.15, -0.1) is 0 Å². The van der Waals surface area contributed by atoms with Gasteiger partial charge in [-0.2, -0.15) is 5.26 Å². The average Bonchev–Trinajstić information content (AvgIpc) is 3.12. The molecule has 0 radical (unpaired) electrons. The summed E-state index contributed by atoms with van der Waals surface area (Å²) in [7, 11) is 1.27. The average molecular weight is 454 g/mol. The fraction of sp³-hybridized carbons (Fsp3) is 0.458. The number of methoxy groups -OCH3 is 1. The van der Waals surface area contributed by atoms with Crippen molar-refractivity contribution in [1.82, 2.24) is 14.8 Å². The molecule has 2 aromatic rings. The van der Waals surface area contributed by atoms with Gasteiger partial charge in [0.1, 0.15) is 11.7 Å². The van der Waals surface area contributed by atoms with Crippen LogP contribution in [0.15, 0.2) is 30.5 Å². The minimum Gasteiger partial charge on any atom is -0.464 e. The van der Waals surface area contributed by atoms with Crippen molar-refractivity contribution in [2.24, 2.45) is 0 Å². The number of ether oxygens (including phenoxy) is 2. The number of nitrogens with two attached hydrogens (primary N) is 1. The number of aromatic nitrogens is 1. The van der Waals surface area contributed by atoms with E-state index in [-0.39, 0.29) is 29.1 Å². The van der Waals surface area contributed by atoms with Crippen LogP contribution in [0.2, 0.25) is 0 Å². The number of nitrogen functional groups attached to an aromatic ring is 1. The summed E-state index contributed by atoms with van der Waals surface area (Å²) in [5.74, 6) is -0.605. The number of nitrogens with zero attached hydrogens (tertiary/aromatic N) is 3. The van der Waals surface area contributed by atoms with Gasteiger partial charge in [0.15, 0.2) is 5.69 Å². The molecule has 1 amide bonds. The Morgan fingerprint density at radius 1 is 1.27 bits per heavy atom. The molecule has 0 aliphatic carbocycles. The number of nitrogens with one attached hydrogen (secondary N) is 1. The number of rotatable bonds is 5. The van der Waals surface area contributed by atoms with Gasteiger partial charge in [-0.1, -0.05) is 12.1 Å². The van der Waals surface area contributed by atoms with Crippen LogP contribution >= 0.6 is 0 Å². The van der Waals surface area contributed by atoms with Gasteiger partial charge < -0.3 is 30.0 Å². The van der Waals surface area contributed by atoms with Crippen LogP contribution in [0.5, 0.6) is 0 Å². The molecule has 0 saturated carbocycles. The van der Waals surface area contributed by atoms with Crippen LogP contribution < -0.4 is 11.1 Å². The predicted molar refractivity (Wildman–Crippen MR) is 124 cm³/mol. The van der Waals surface area contributed by atoms with Gasteiger partial charge in [-0.3, -0.25) is 0 Å². The van der Waals surface area contributed by atoms with Crippen LogP contribution in [0.1, 0.15) is 55.2 Å². The lowest BCUT2D eigenvalue weighted by Gasteiger charge is -2.34. The molecule has 1 atom stereocenters. The van der Waals surface area contributed by atoms with Crippen molar-refractivity contribution < 1.29 is 19.1 Å². The second-order valence-corrected chi connectivity index (χ2v) is 9.09. The Labute approximate surface area is 194 Å². The summed E-state index contributed by atoms with van der Waals surface area (Å²) in [6.45, 7) is 7.54. The third-order valence-corrected chi connectivity index (χ3v) is 5.43. The molecule has 2 heterocycles. The molecule has 0 bridgehead atoms. The maximum atomic E-state index is 12.4. The third kappa shape index (κ3) is 5.84. The van der Waals surface area contributed by atoms with E-state index in [0.29, 0.717) is 25.3 Å². The second-order valence-electron chi connectivity index (χ2n) is 9.09. The van der Waals surface area contributed by atoms with E-state index in [9.17, 15) is 14.9 Å². The van der Waals surface area contributed by atoms with Gasteiger partial charge in [0.05, 0.1) is 18.4 Å². The molecule has 1 aliphatic rings. The van der Waals surface area contributed by atoms with Gasteiger partial charge in [-0.25, -0.2) is 9.59 Å². The van der Waals surface area contributed by atoms with Gasteiger partial charge in [0.2, 0.25) is 0 Å². The van der Waals surface area contributed by atoms with Crippen molar-refractivity contribution in [1.29, 1.82) is 5.26 Å². The topological polar surface area (TPSA) is 123 Å². The van der Waals surface area contributed by atoms with Crippen molar-refractivity contribution in [3.05, 3.63) is 47.3 Å². The number of hydrogen-bond acceptors (Lipinski definition) is 7. The number of esters is 1. The van der Waals surface area contributed by atoms with E-state index in [1.54, 1.807) is 9.47 Å². The van der Waals surface area contributed by atoms with Crippen molar-refractivity contribution >= 4 is 17.7 Å². The quantitative estimate of drug-likeness (QED) is 0.667. The zero-order valence-electron chi connectivity index (χ0n) is 19.6. The highest BCUT2D eigenvalue weighted by atomic mass is 16.6. The molecular weight excluding hydrogens is 422 g/mol. The molecule has 1 aliphatic heterocycles. The molecule has 176 valence electrons. The number of nitriles is 1. The second kappa shape index (κ2) is 9.96. The largest absolute Gasteiger partial charge is 0.464 e. The van der Waals surface area contributed by atoms with Gasteiger partial charge in [0, 0.05) is 37.6 Å². The minimum absolute atomic E-state index is 0.0990. The highest BCUT2D eigenvalue weighted by Crippen LogP contribution is 2.25. The van der Waals surface area contributed by atoms with Crippen molar-refractivity contribution in [3.8, 4) is 11.8 Å². The fourth-order valence-corrected chi connectivity index (χ4v) is 3.79. The Kier molecular flexibility index (Phi) is 7.29. The zero-order valence-corrected chi connectivity index (χ0v) is 19.6. The van der Waals surface area contributed by atoms with E-state index in [1.807, 2.05) is 51.1 Å². The molecule has 1 aromatic heterocycles. The first-order valence-electron chi connectivity index (χ1n) is 10.9. The van der Waals surface area contributed by atoms with E-state index < -0.39 is 11.6 Å². The van der Waals surface area contributed by atoms with Crippen LogP contribution in [-0.2, 0) is 16.0 Å². The van der Waals surface area contributed by atoms with Crippen LogP contribution in [0, 0.1) is 11.3 Å². The summed E-state index contributed by atoms with van der Waals surface area (Å²) >= 11 is 0. The number of carbonyl (C=O) groups excluding carboxylic acids is 2. The Hall–Kier alpha value is -3.51. The number of benzene rings is 1. The monoisotopic (exact) mass is 453 g/mol. The molecule has 9 nitrogen and oxygen atoms in total. The van der Waals surface area contributed by atoms with Gasteiger partial charge in [0.25, 0.3) is 0 Å². The normalized spacial score (nSPS) is 16.2. The zero-order chi connectivity index (χ0) is 24.2. The molecular formula is C24H31N5O4. The van der Waals surface area contributed by atoms with Crippen LogP contribution in [0.3, 0.4) is 0 Å². The molecule has 3 N–H and O–H groups in total. The number of piperidine rings is 1. The standard InChI is InChI=1S/C24H31N5O4/c1-24(2,3)33-23(31)28-11-5-6-18(15-28)27-13-16-7-9-19(10-8-16)29-14-17(12-25)20(26)21(29)22(30)32-4/h7-10,14,18,27H,5-6,11,13,15,26H2,1-4H3. The molecule has 0 spiro atoms. The Morgan fingerprint density at radius 2 is 1.97 bits per heavy atom. The van der Waals surface area contributed by atoms with Crippen molar-refractivity contribution in [3.63, 3.8) is 0 Å². The highest BCUT2D eigenvalue weighted by Gasteiger charge is 2.27. The summed E-state index contributed by atoms with van der Waals surface area (Å²) in [5, 5.41) is 12.8. The Balaban J connectivity index is 1.65. The maximum absolute atomic E-state index is 12.4. The number of amides is 1. The van der Waals surface area contributed by atoms with E-state index in [1.165, 1.54) is 13.3 Å². The lowest BCUT2D eigenvalue weighted by molar-refractivity contribution is 0.0187. The minimum atomic E-state index is -0.605. The lowest BCUT2D eigenvalue weighted by Crippen LogP contribution is -2.49. The highest BCUT2D eigenvalue weighted by molar-refractivity contribution is 5.95. The first kappa shape index (κ1) is 24.1. The Morgan fingerprint density at radius 3 is 2.58 bits per heavy atom. The van der Waals surface area contributed by atoms with Crippen LogP contribution in [0.25, 0.3) is 5.69 Å². The maximum Gasteiger partial charge on any atom is 0.410 e. The van der Waals surface area contributed by atoms with Crippen molar-refractivity contribution in [2.45, 2.75) is 51.8 Å². The third-order valence-electron chi connectivity index (χ3n) is 5.43. The summed E-state index contributed by atoms with van der Waals surface area (Å²) < 4.78 is 11.9. The SMILES string of the molecule is COC(=O)c1c(N)c(C#N)cn1-c1ccc(CNC2CCCN(C(=O)OC(C)(C)C)C2)cc1. The number of likely N-dealkylation sites (tertiary alicyclic amines) is 1. The first-order valence-corrected chi connectivity index (χ1v) is 10.9. The van der Waals surface area contributed by atoms with Crippen molar-refractivity contribution in [2.75, 3.05) is 25.9 Å². The predicted octanol–water partition coefficient (Wildman–Crippen LogP) is 3.21. The summed E-state index contributed by atoms with van der Waals surface area (Å²) in [6, 6.07) is 9.78. The molecule has 9 heteroatoms. The van der Waals surface area contributed by atoms with E-state index in [2.05, 4.69) is 5.32 Å². The van der Waals surface area contributed by atoms with Gasteiger partial charge >= 0.3 is 12.1 Å². The van der Waals surface area contributed by atoms with E-state index in [4.69, 9.17) is 15.2 Å². The Bertz CT molecular complexity index is 1050. The molecule has 1 saturated heterocycles. The number of anilines is 1. The smallest absolute Gasteiger partial charge is 0.410 e. The number of hydrogen-bond donors (Lipinski definition) is 2. The van der Waals surface area contributed by atoms with E-state index in [0.717, 1.165) is 18.4 Å². The van der Waals surface area contributed by atoms with Crippen LogP contribution in [0.4, 0.5) is 10.5 Å². The van der Waals surface area contributed by atoms with E-state index >= 15 is 0 Å². The first-order chi connectivity index (χ1) is 15.6.